The van der Waals surface area contributed by atoms with Crippen LogP contribution in [0.1, 0.15) is 25.3 Å². The molecule has 8 heteroatoms. The van der Waals surface area contributed by atoms with E-state index in [-0.39, 0.29) is 35.9 Å². The number of amides is 1. The number of hydrogen-bond donors (Lipinski definition) is 3. The Morgan fingerprint density at radius 1 is 1.36 bits per heavy atom. The van der Waals surface area contributed by atoms with Crippen molar-refractivity contribution in [3.63, 3.8) is 0 Å². The van der Waals surface area contributed by atoms with Crippen molar-refractivity contribution in [2.45, 2.75) is 32.4 Å². The predicted octanol–water partition coefficient (Wildman–Crippen LogP) is 2.25. The fourth-order valence-corrected chi connectivity index (χ4v) is 3.13. The molecule has 28 heavy (non-hydrogen) atoms. The Balaban J connectivity index is 0.00000280. The molecule has 2 aromatic rings. The van der Waals surface area contributed by atoms with E-state index in [0.717, 1.165) is 41.2 Å². The van der Waals surface area contributed by atoms with Crippen LogP contribution in [0.15, 0.2) is 35.3 Å². The molecule has 0 bridgehead atoms. The molecule has 0 aliphatic carbocycles. The number of carbonyl (C=O) groups is 1. The van der Waals surface area contributed by atoms with Gasteiger partial charge in [-0.2, -0.15) is 0 Å². The van der Waals surface area contributed by atoms with E-state index in [1.807, 2.05) is 44.1 Å². The Labute approximate surface area is 183 Å². The molecule has 1 amide bonds. The van der Waals surface area contributed by atoms with Gasteiger partial charge in [-0.15, -0.1) is 24.0 Å². The van der Waals surface area contributed by atoms with Crippen LogP contribution in [0.3, 0.4) is 0 Å². The molecule has 7 nitrogen and oxygen atoms in total. The van der Waals surface area contributed by atoms with Crippen LogP contribution in [0, 0.1) is 0 Å². The summed E-state index contributed by atoms with van der Waals surface area (Å²) in [4.78, 5) is 22.8. The van der Waals surface area contributed by atoms with Crippen molar-refractivity contribution < 1.29 is 4.79 Å². The van der Waals surface area contributed by atoms with Gasteiger partial charge in [-0.3, -0.25) is 4.79 Å². The van der Waals surface area contributed by atoms with Crippen LogP contribution in [0.5, 0.6) is 0 Å². The fourth-order valence-electron chi connectivity index (χ4n) is 3.13. The number of halogens is 1. The van der Waals surface area contributed by atoms with E-state index in [9.17, 15) is 4.79 Å². The number of fused-ring (bicyclic) bond motifs is 1. The molecule has 1 saturated heterocycles. The van der Waals surface area contributed by atoms with Gasteiger partial charge in [-0.05, 0) is 31.0 Å². The van der Waals surface area contributed by atoms with Crippen molar-refractivity contribution in [3.05, 3.63) is 35.9 Å². The minimum absolute atomic E-state index is 0. The van der Waals surface area contributed by atoms with Gasteiger partial charge in [-0.1, -0.05) is 18.2 Å². The van der Waals surface area contributed by atoms with Gasteiger partial charge in [0.25, 0.3) is 0 Å². The predicted molar refractivity (Wildman–Crippen MR) is 125 cm³/mol. The van der Waals surface area contributed by atoms with Crippen LogP contribution in [0.2, 0.25) is 0 Å². The van der Waals surface area contributed by atoms with Crippen LogP contribution < -0.4 is 20.9 Å². The zero-order valence-electron chi connectivity index (χ0n) is 16.7. The van der Waals surface area contributed by atoms with E-state index in [2.05, 4.69) is 28.1 Å². The SMILES string of the molecule is CCNC(=NCc1cc(N(C)C)nc2ccccc12)NC1CCC(=O)NC1.I. The summed E-state index contributed by atoms with van der Waals surface area (Å²) in [6.45, 7) is 4.02. The third kappa shape index (κ3) is 5.70. The number of benzene rings is 1. The van der Waals surface area contributed by atoms with E-state index in [1.54, 1.807) is 0 Å². The van der Waals surface area contributed by atoms with E-state index in [0.29, 0.717) is 19.5 Å². The summed E-state index contributed by atoms with van der Waals surface area (Å²) in [5, 5.41) is 10.7. The van der Waals surface area contributed by atoms with E-state index < -0.39 is 0 Å². The number of para-hydroxylation sites is 1. The van der Waals surface area contributed by atoms with Crippen LogP contribution in [-0.4, -0.2) is 50.1 Å². The molecule has 1 aromatic carbocycles. The number of hydrogen-bond acceptors (Lipinski definition) is 4. The van der Waals surface area contributed by atoms with Gasteiger partial charge in [0.15, 0.2) is 5.96 Å². The molecule has 1 fully saturated rings. The third-order valence-electron chi connectivity index (χ3n) is 4.60. The van der Waals surface area contributed by atoms with Crippen molar-refractivity contribution >= 4 is 52.6 Å². The summed E-state index contributed by atoms with van der Waals surface area (Å²) in [6, 6.07) is 10.4. The molecule has 1 aliphatic heterocycles. The molecule has 1 aromatic heterocycles. The van der Waals surface area contributed by atoms with E-state index >= 15 is 0 Å². The summed E-state index contributed by atoms with van der Waals surface area (Å²) in [5.41, 5.74) is 2.11. The number of pyridine rings is 1. The maximum Gasteiger partial charge on any atom is 0.220 e. The highest BCUT2D eigenvalue weighted by Crippen LogP contribution is 2.22. The van der Waals surface area contributed by atoms with Crippen LogP contribution in [0.4, 0.5) is 5.82 Å². The van der Waals surface area contributed by atoms with Crippen molar-refractivity contribution in [2.24, 2.45) is 4.99 Å². The van der Waals surface area contributed by atoms with Gasteiger partial charge in [0.1, 0.15) is 5.82 Å². The van der Waals surface area contributed by atoms with Gasteiger partial charge >= 0.3 is 0 Å². The number of nitrogens with zero attached hydrogens (tertiary/aromatic N) is 3. The first-order valence-electron chi connectivity index (χ1n) is 9.44. The first-order valence-corrected chi connectivity index (χ1v) is 9.44. The minimum Gasteiger partial charge on any atom is -0.363 e. The molecule has 0 spiro atoms. The number of nitrogens with one attached hydrogen (secondary N) is 3. The van der Waals surface area contributed by atoms with Crippen LogP contribution in [-0.2, 0) is 11.3 Å². The number of aromatic nitrogens is 1. The first kappa shape index (κ1) is 22.2. The number of aliphatic imine (C=N–C) groups is 1. The highest BCUT2D eigenvalue weighted by Gasteiger charge is 2.18. The molecule has 1 unspecified atom stereocenters. The molecule has 1 atom stereocenters. The first-order chi connectivity index (χ1) is 13.1. The summed E-state index contributed by atoms with van der Waals surface area (Å²) < 4.78 is 0. The van der Waals surface area contributed by atoms with Crippen LogP contribution >= 0.6 is 24.0 Å². The molecule has 3 N–H and O–H groups in total. The third-order valence-corrected chi connectivity index (χ3v) is 4.60. The van der Waals surface area contributed by atoms with Crippen molar-refractivity contribution in [1.29, 1.82) is 0 Å². The second-order valence-corrected chi connectivity index (χ2v) is 6.93. The molecule has 0 saturated carbocycles. The number of guanidine groups is 1. The second kappa shape index (κ2) is 10.4. The van der Waals surface area contributed by atoms with E-state index in [1.165, 1.54) is 0 Å². The highest BCUT2D eigenvalue weighted by molar-refractivity contribution is 14.0. The average Bonchev–Trinajstić information content (AvgIpc) is 2.67. The van der Waals surface area contributed by atoms with E-state index in [4.69, 9.17) is 9.98 Å². The number of carbonyl (C=O) groups excluding carboxylic acids is 1. The lowest BCUT2D eigenvalue weighted by molar-refractivity contribution is -0.122. The van der Waals surface area contributed by atoms with Crippen LogP contribution in [0.25, 0.3) is 10.9 Å². The number of rotatable bonds is 5. The molecular formula is C20H29IN6O. The summed E-state index contributed by atoms with van der Waals surface area (Å²) in [5.74, 6) is 1.81. The van der Waals surface area contributed by atoms with Crippen molar-refractivity contribution in [3.8, 4) is 0 Å². The molecule has 0 radical (unpaired) electrons. The molecule has 3 rings (SSSR count). The zero-order chi connectivity index (χ0) is 19.2. The number of anilines is 1. The fraction of sp³-hybridized carbons (Fsp3) is 0.450. The zero-order valence-corrected chi connectivity index (χ0v) is 19.0. The average molecular weight is 496 g/mol. The molecular weight excluding hydrogens is 467 g/mol. The Morgan fingerprint density at radius 3 is 2.82 bits per heavy atom. The monoisotopic (exact) mass is 496 g/mol. The topological polar surface area (TPSA) is 81.7 Å². The van der Waals surface area contributed by atoms with Gasteiger partial charge in [0.2, 0.25) is 5.91 Å². The van der Waals surface area contributed by atoms with Crippen molar-refractivity contribution in [1.82, 2.24) is 20.9 Å². The normalized spacial score (nSPS) is 16.9. The van der Waals surface area contributed by atoms with Crippen molar-refractivity contribution in [2.75, 3.05) is 32.1 Å². The smallest absolute Gasteiger partial charge is 0.220 e. The summed E-state index contributed by atoms with van der Waals surface area (Å²) >= 11 is 0. The minimum atomic E-state index is 0. The lowest BCUT2D eigenvalue weighted by atomic mass is 10.1. The lowest BCUT2D eigenvalue weighted by Gasteiger charge is -2.25. The van der Waals surface area contributed by atoms with Gasteiger partial charge in [0, 0.05) is 45.0 Å². The number of piperidine rings is 1. The van der Waals surface area contributed by atoms with Gasteiger partial charge in [-0.25, -0.2) is 9.98 Å². The maximum absolute atomic E-state index is 11.3. The van der Waals surface area contributed by atoms with Gasteiger partial charge in [0.05, 0.1) is 12.1 Å². The lowest BCUT2D eigenvalue weighted by Crippen LogP contribution is -2.51. The molecule has 2 heterocycles. The second-order valence-electron chi connectivity index (χ2n) is 6.93. The Hall–Kier alpha value is -2.10. The Bertz CT molecular complexity index is 829. The summed E-state index contributed by atoms with van der Waals surface area (Å²) in [7, 11) is 3.99. The maximum atomic E-state index is 11.3. The summed E-state index contributed by atoms with van der Waals surface area (Å²) in [6.07, 6.45) is 1.37. The highest BCUT2D eigenvalue weighted by atomic mass is 127. The molecule has 152 valence electrons. The van der Waals surface area contributed by atoms with Gasteiger partial charge < -0.3 is 20.9 Å². The Morgan fingerprint density at radius 2 is 2.14 bits per heavy atom. The molecule has 1 aliphatic rings. The largest absolute Gasteiger partial charge is 0.363 e. The standard InChI is InChI=1S/C20H28N6O.HI/c1-4-21-20(24-15-9-10-19(27)22-13-15)23-12-14-11-18(26(2)3)25-17-8-6-5-7-16(14)17;/h5-8,11,15H,4,9-10,12-13H2,1-3H3,(H,22,27)(H2,21,23,24);1H. The quantitative estimate of drug-likeness (QED) is 0.336. The Kier molecular flexibility index (Phi) is 8.28.